The molecule has 9 nitrogen and oxygen atoms in total. The molecule has 2 fully saturated rings. The van der Waals surface area contributed by atoms with Gasteiger partial charge < -0.3 is 9.64 Å². The first-order valence-corrected chi connectivity index (χ1v) is 14.9. The van der Waals surface area contributed by atoms with Gasteiger partial charge in [-0.05, 0) is 56.0 Å². The van der Waals surface area contributed by atoms with Gasteiger partial charge in [0.25, 0.3) is 0 Å². The van der Waals surface area contributed by atoms with E-state index in [9.17, 15) is 13.2 Å². The minimum Gasteiger partial charge on any atom is -0.483 e. The van der Waals surface area contributed by atoms with Gasteiger partial charge in [-0.15, -0.1) is 0 Å². The van der Waals surface area contributed by atoms with Crippen LogP contribution in [-0.4, -0.2) is 59.8 Å². The lowest BCUT2D eigenvalue weighted by Gasteiger charge is -2.36. The number of fused-ring (bicyclic) bond motifs is 1. The molecule has 1 saturated heterocycles. The zero-order valence-electron chi connectivity index (χ0n) is 21.2. The number of sulfonamides is 1. The van der Waals surface area contributed by atoms with E-state index in [-0.39, 0.29) is 35.4 Å². The lowest BCUT2D eigenvalue weighted by Crippen LogP contribution is -2.49. The third-order valence-electron chi connectivity index (χ3n) is 7.35. The highest BCUT2D eigenvalue weighted by molar-refractivity contribution is 7.89. The molecule has 6 rings (SSSR count). The highest BCUT2D eigenvalue weighted by Gasteiger charge is 2.32. The summed E-state index contributed by atoms with van der Waals surface area (Å²) in [6.07, 6.45) is 7.11. The summed E-state index contributed by atoms with van der Waals surface area (Å²) in [5.74, 6) is 0.242. The maximum absolute atomic E-state index is 13.7. The average Bonchev–Trinajstić information content (AvgIpc) is 3.47. The van der Waals surface area contributed by atoms with Crippen molar-refractivity contribution in [2.75, 3.05) is 31.1 Å². The van der Waals surface area contributed by atoms with E-state index in [1.807, 2.05) is 17.0 Å². The Morgan fingerprint density at radius 2 is 1.69 bits per heavy atom. The van der Waals surface area contributed by atoms with E-state index in [2.05, 4.69) is 10.1 Å². The van der Waals surface area contributed by atoms with Crippen LogP contribution in [0.4, 0.5) is 5.69 Å². The van der Waals surface area contributed by atoms with Gasteiger partial charge in [-0.1, -0.05) is 35.9 Å². The van der Waals surface area contributed by atoms with E-state index in [1.165, 1.54) is 8.99 Å². The molecule has 1 saturated carbocycles. The van der Waals surface area contributed by atoms with Crippen molar-refractivity contribution < 1.29 is 13.2 Å². The quantitative estimate of drug-likeness (QED) is 0.344. The summed E-state index contributed by atoms with van der Waals surface area (Å²) in [5, 5.41) is 5.71. The molecule has 202 valence electrons. The Kier molecular flexibility index (Phi) is 7.01. The van der Waals surface area contributed by atoms with Crippen LogP contribution >= 0.6 is 11.6 Å². The maximum Gasteiger partial charge on any atom is 0.316 e. The summed E-state index contributed by atoms with van der Waals surface area (Å²) >= 11 is 6.16. The van der Waals surface area contributed by atoms with E-state index >= 15 is 0 Å². The molecule has 0 N–H and O–H groups in total. The number of nitrogens with zero attached hydrogens (tertiary/aromatic N) is 5. The Hall–Kier alpha value is -3.47. The van der Waals surface area contributed by atoms with Crippen LogP contribution in [0.25, 0.3) is 16.6 Å². The summed E-state index contributed by atoms with van der Waals surface area (Å²) in [6.45, 7) is 1.29. The van der Waals surface area contributed by atoms with Crippen molar-refractivity contribution in [3.63, 3.8) is 0 Å². The molecule has 0 bridgehead atoms. The lowest BCUT2D eigenvalue weighted by molar-refractivity contribution is 0.205. The number of para-hydroxylation sites is 1. The SMILES string of the molecule is O=c1c(OC2CCCC2)c(N2CCN(S(=O)(=O)c3cccc4cccnc34)CC2)cnn1-c1cccc(Cl)c1. The second-order valence-corrected chi connectivity index (χ2v) is 12.1. The molecule has 2 aromatic carbocycles. The number of benzene rings is 2. The lowest BCUT2D eigenvalue weighted by atomic mass is 10.2. The average molecular weight is 566 g/mol. The monoisotopic (exact) mass is 565 g/mol. The number of piperazine rings is 1. The summed E-state index contributed by atoms with van der Waals surface area (Å²) in [6, 6.07) is 15.8. The van der Waals surface area contributed by atoms with Crippen molar-refractivity contribution in [1.82, 2.24) is 19.1 Å². The molecule has 1 aliphatic heterocycles. The normalized spacial score (nSPS) is 17.1. The van der Waals surface area contributed by atoms with Crippen molar-refractivity contribution in [3.8, 4) is 11.4 Å². The van der Waals surface area contributed by atoms with E-state index in [0.29, 0.717) is 35.0 Å². The summed E-state index contributed by atoms with van der Waals surface area (Å²) in [5.41, 5.74) is 1.23. The van der Waals surface area contributed by atoms with E-state index in [1.54, 1.807) is 54.9 Å². The minimum atomic E-state index is -3.76. The maximum atomic E-state index is 13.7. The number of aromatic nitrogens is 3. The van der Waals surface area contributed by atoms with Crippen LogP contribution in [0.15, 0.2) is 76.7 Å². The number of rotatable bonds is 6. The zero-order valence-corrected chi connectivity index (χ0v) is 22.8. The molecule has 0 unspecified atom stereocenters. The Morgan fingerprint density at radius 1 is 0.949 bits per heavy atom. The molecule has 11 heteroatoms. The molecular weight excluding hydrogens is 538 g/mol. The molecule has 39 heavy (non-hydrogen) atoms. The third-order valence-corrected chi connectivity index (χ3v) is 9.51. The number of pyridine rings is 1. The van der Waals surface area contributed by atoms with Crippen LogP contribution in [0.1, 0.15) is 25.7 Å². The summed E-state index contributed by atoms with van der Waals surface area (Å²) in [4.78, 5) is 20.2. The molecule has 4 aromatic rings. The Labute approximate surface area is 231 Å². The molecule has 2 aliphatic rings. The minimum absolute atomic E-state index is 0.0350. The third kappa shape index (κ3) is 4.99. The fraction of sp³-hybridized carbons (Fsp3) is 0.321. The largest absolute Gasteiger partial charge is 0.483 e. The molecule has 0 radical (unpaired) electrons. The Morgan fingerprint density at radius 3 is 2.46 bits per heavy atom. The fourth-order valence-corrected chi connectivity index (χ4v) is 7.09. The topological polar surface area (TPSA) is 97.6 Å². The van der Waals surface area contributed by atoms with E-state index in [0.717, 1.165) is 31.1 Å². The van der Waals surface area contributed by atoms with Crippen molar-refractivity contribution in [1.29, 1.82) is 0 Å². The highest BCUT2D eigenvalue weighted by atomic mass is 35.5. The van der Waals surface area contributed by atoms with E-state index < -0.39 is 10.0 Å². The van der Waals surface area contributed by atoms with Crippen molar-refractivity contribution >= 4 is 38.2 Å². The number of ether oxygens (including phenoxy) is 1. The van der Waals surface area contributed by atoms with Gasteiger partial charge in [0.15, 0.2) is 0 Å². The number of hydrogen-bond acceptors (Lipinski definition) is 7. The predicted octanol–water partition coefficient (Wildman–Crippen LogP) is 4.27. The van der Waals surface area contributed by atoms with E-state index in [4.69, 9.17) is 16.3 Å². The van der Waals surface area contributed by atoms with Gasteiger partial charge in [0.1, 0.15) is 10.6 Å². The molecular formula is C28H28ClN5O4S. The first-order chi connectivity index (χ1) is 18.9. The molecule has 0 atom stereocenters. The van der Waals surface area contributed by atoms with Crippen LogP contribution in [0.5, 0.6) is 5.75 Å². The Balaban J connectivity index is 1.29. The van der Waals surface area contributed by atoms with Gasteiger partial charge in [0.05, 0.1) is 23.5 Å². The molecule has 0 spiro atoms. The zero-order chi connectivity index (χ0) is 27.0. The van der Waals surface area contributed by atoms with Crippen molar-refractivity contribution in [2.45, 2.75) is 36.7 Å². The van der Waals surface area contributed by atoms with Crippen LogP contribution in [0.2, 0.25) is 5.02 Å². The number of hydrogen-bond donors (Lipinski definition) is 0. The number of anilines is 1. The second-order valence-electron chi connectivity index (χ2n) is 9.80. The molecule has 3 heterocycles. The van der Waals surface area contributed by atoms with Gasteiger partial charge in [0, 0.05) is 42.8 Å². The fourth-order valence-electron chi connectivity index (χ4n) is 5.32. The molecule has 2 aromatic heterocycles. The first kappa shape index (κ1) is 25.8. The summed E-state index contributed by atoms with van der Waals surface area (Å²) < 4.78 is 36.3. The summed E-state index contributed by atoms with van der Waals surface area (Å²) in [7, 11) is -3.76. The smallest absolute Gasteiger partial charge is 0.316 e. The van der Waals surface area contributed by atoms with Gasteiger partial charge in [-0.2, -0.15) is 14.1 Å². The first-order valence-electron chi connectivity index (χ1n) is 13.1. The van der Waals surface area contributed by atoms with Crippen molar-refractivity contribution in [3.05, 3.63) is 82.4 Å². The van der Waals surface area contributed by atoms with Gasteiger partial charge in [-0.3, -0.25) is 9.78 Å². The predicted molar refractivity (Wildman–Crippen MR) is 150 cm³/mol. The van der Waals surface area contributed by atoms with Gasteiger partial charge in [-0.25, -0.2) is 8.42 Å². The highest BCUT2D eigenvalue weighted by Crippen LogP contribution is 2.31. The van der Waals surface area contributed by atoms with Crippen LogP contribution in [0, 0.1) is 0 Å². The van der Waals surface area contributed by atoms with Gasteiger partial charge in [0.2, 0.25) is 15.8 Å². The van der Waals surface area contributed by atoms with Crippen LogP contribution < -0.4 is 15.2 Å². The van der Waals surface area contributed by atoms with Crippen LogP contribution in [0.3, 0.4) is 0 Å². The Bertz CT molecular complexity index is 1670. The number of halogens is 1. The van der Waals surface area contributed by atoms with Crippen LogP contribution in [-0.2, 0) is 10.0 Å². The second kappa shape index (κ2) is 10.6. The standard InChI is InChI=1S/C28H28ClN5O4S/c29-21-8-4-9-22(18-21)34-28(35)27(38-23-10-1-2-11-23)24(19-31-34)32-14-16-33(17-15-32)39(36,37)25-12-3-6-20-7-5-13-30-26(20)25/h3-9,12-13,18-19,23H,1-2,10-11,14-17H2. The molecule has 0 amide bonds. The van der Waals surface area contributed by atoms with Crippen molar-refractivity contribution in [2.24, 2.45) is 0 Å². The van der Waals surface area contributed by atoms with Gasteiger partial charge >= 0.3 is 5.56 Å². The molecule has 1 aliphatic carbocycles.